The minimum Gasteiger partial charge on any atom is -0.497 e. The number of aliphatic imine (C=N–C) groups is 1. The second-order valence-corrected chi connectivity index (χ2v) is 8.15. The van der Waals surface area contributed by atoms with Crippen LogP contribution in [0.25, 0.3) is 6.08 Å². The average Bonchev–Trinajstić information content (AvgIpc) is 2.97. The number of rotatable bonds is 4. The van der Waals surface area contributed by atoms with E-state index in [0.29, 0.717) is 0 Å². The Hall–Kier alpha value is -2.59. The molecule has 4 nitrogen and oxygen atoms in total. The minimum atomic E-state index is -0.144. The number of piperidine rings is 1. The van der Waals surface area contributed by atoms with E-state index in [-0.39, 0.29) is 11.5 Å². The highest BCUT2D eigenvalue weighted by Gasteiger charge is 2.33. The van der Waals surface area contributed by atoms with E-state index < -0.39 is 0 Å². The van der Waals surface area contributed by atoms with Crippen LogP contribution in [0, 0.1) is 0 Å². The summed E-state index contributed by atoms with van der Waals surface area (Å²) in [4.78, 5) is 7.18. The van der Waals surface area contributed by atoms with Gasteiger partial charge in [-0.05, 0) is 60.4 Å². The molecule has 0 aromatic heterocycles. The van der Waals surface area contributed by atoms with Crippen molar-refractivity contribution in [1.29, 1.82) is 0 Å². The number of aliphatic hydroxyl groups is 1. The topological polar surface area (TPSA) is 45.1 Å². The summed E-state index contributed by atoms with van der Waals surface area (Å²) in [6.45, 7) is 6.25. The van der Waals surface area contributed by atoms with E-state index in [1.807, 2.05) is 12.1 Å². The first-order valence-corrected chi connectivity index (χ1v) is 9.96. The van der Waals surface area contributed by atoms with Crippen molar-refractivity contribution in [2.75, 3.05) is 25.1 Å². The standard InChI is InChI=1S/C24H28N2O2/c1-24(2)21-16-20(28-3)9-10-22(21)25-23(24)11-6-17-4-7-18(8-5-17)26-14-12-19(27)13-15-26/h4-11,16,19,27H,12-15H2,1-3H3/b11-6+. The molecule has 0 radical (unpaired) electrons. The van der Waals surface area contributed by atoms with Gasteiger partial charge in [0, 0.05) is 24.2 Å². The molecule has 2 heterocycles. The van der Waals surface area contributed by atoms with E-state index in [2.05, 4.69) is 61.2 Å². The van der Waals surface area contributed by atoms with Crippen LogP contribution in [0.5, 0.6) is 5.75 Å². The van der Waals surface area contributed by atoms with Crippen LogP contribution in [0.4, 0.5) is 11.4 Å². The molecular weight excluding hydrogens is 348 g/mol. The van der Waals surface area contributed by atoms with Crippen molar-refractivity contribution in [3.63, 3.8) is 0 Å². The highest BCUT2D eigenvalue weighted by atomic mass is 16.5. The third-order valence-corrected chi connectivity index (χ3v) is 5.91. The number of aliphatic hydroxyl groups excluding tert-OH is 1. The van der Waals surface area contributed by atoms with Gasteiger partial charge in [-0.25, -0.2) is 0 Å². The first kappa shape index (κ1) is 18.8. The van der Waals surface area contributed by atoms with Crippen molar-refractivity contribution in [1.82, 2.24) is 0 Å². The number of fused-ring (bicyclic) bond motifs is 1. The molecule has 0 unspecified atom stereocenters. The molecule has 0 spiro atoms. The molecule has 2 aromatic carbocycles. The Bertz CT molecular complexity index is 905. The molecule has 1 N–H and O–H groups in total. The zero-order valence-corrected chi connectivity index (χ0v) is 16.9. The van der Waals surface area contributed by atoms with Crippen LogP contribution in [0.1, 0.15) is 37.8 Å². The van der Waals surface area contributed by atoms with E-state index in [0.717, 1.165) is 48.6 Å². The number of nitrogens with zero attached hydrogens (tertiary/aromatic N) is 2. The third kappa shape index (κ3) is 3.57. The molecule has 0 bridgehead atoms. The van der Waals surface area contributed by atoms with E-state index in [1.54, 1.807) is 7.11 Å². The van der Waals surface area contributed by atoms with Crippen LogP contribution in [0.15, 0.2) is 53.5 Å². The summed E-state index contributed by atoms with van der Waals surface area (Å²) in [5.41, 5.74) is 5.52. The Morgan fingerprint density at radius 2 is 1.79 bits per heavy atom. The lowest BCUT2D eigenvalue weighted by Gasteiger charge is -2.31. The van der Waals surface area contributed by atoms with Crippen LogP contribution < -0.4 is 9.64 Å². The molecule has 146 valence electrons. The molecule has 2 aliphatic rings. The maximum atomic E-state index is 9.67. The molecule has 0 aliphatic carbocycles. The van der Waals surface area contributed by atoms with Gasteiger partial charge in [-0.2, -0.15) is 0 Å². The van der Waals surface area contributed by atoms with Crippen LogP contribution in [-0.4, -0.2) is 37.1 Å². The lowest BCUT2D eigenvalue weighted by atomic mass is 9.81. The second-order valence-electron chi connectivity index (χ2n) is 8.15. The van der Waals surface area contributed by atoms with Gasteiger partial charge in [0.1, 0.15) is 5.75 Å². The number of ether oxygens (including phenoxy) is 1. The van der Waals surface area contributed by atoms with Gasteiger partial charge in [0.15, 0.2) is 0 Å². The maximum Gasteiger partial charge on any atom is 0.119 e. The van der Waals surface area contributed by atoms with Gasteiger partial charge < -0.3 is 14.7 Å². The zero-order valence-electron chi connectivity index (χ0n) is 16.9. The van der Waals surface area contributed by atoms with Crippen molar-refractivity contribution in [2.24, 2.45) is 4.99 Å². The molecule has 28 heavy (non-hydrogen) atoms. The van der Waals surface area contributed by atoms with Crippen molar-refractivity contribution < 1.29 is 9.84 Å². The molecule has 0 amide bonds. The van der Waals surface area contributed by atoms with Gasteiger partial charge >= 0.3 is 0 Å². The fourth-order valence-corrected chi connectivity index (χ4v) is 3.99. The second kappa shape index (κ2) is 7.44. The average molecular weight is 377 g/mol. The molecule has 1 fully saturated rings. The summed E-state index contributed by atoms with van der Waals surface area (Å²) >= 11 is 0. The number of methoxy groups -OCH3 is 1. The summed E-state index contributed by atoms with van der Waals surface area (Å²) in [6.07, 6.45) is 5.81. The van der Waals surface area contributed by atoms with Gasteiger partial charge in [-0.3, -0.25) is 4.99 Å². The molecule has 4 heteroatoms. The van der Waals surface area contributed by atoms with Gasteiger partial charge in [-0.1, -0.05) is 32.1 Å². The Kier molecular flexibility index (Phi) is 4.98. The first-order chi connectivity index (χ1) is 13.5. The Morgan fingerprint density at radius 3 is 2.46 bits per heavy atom. The molecular formula is C24H28N2O2. The molecule has 2 aromatic rings. The maximum absolute atomic E-state index is 9.67. The van der Waals surface area contributed by atoms with Gasteiger partial charge in [-0.15, -0.1) is 0 Å². The molecule has 2 aliphatic heterocycles. The van der Waals surface area contributed by atoms with E-state index in [1.165, 1.54) is 11.3 Å². The number of allylic oxidation sites excluding steroid dienone is 1. The summed E-state index contributed by atoms with van der Waals surface area (Å²) in [5.74, 6) is 0.869. The summed E-state index contributed by atoms with van der Waals surface area (Å²) in [5, 5.41) is 9.67. The van der Waals surface area contributed by atoms with E-state index >= 15 is 0 Å². The molecule has 0 atom stereocenters. The smallest absolute Gasteiger partial charge is 0.119 e. The Morgan fingerprint density at radius 1 is 1.07 bits per heavy atom. The quantitative estimate of drug-likeness (QED) is 0.839. The van der Waals surface area contributed by atoms with Gasteiger partial charge in [0.25, 0.3) is 0 Å². The van der Waals surface area contributed by atoms with Crippen molar-refractivity contribution in [2.45, 2.75) is 38.2 Å². The largest absolute Gasteiger partial charge is 0.497 e. The van der Waals surface area contributed by atoms with Gasteiger partial charge in [0.05, 0.1) is 24.6 Å². The number of anilines is 1. The molecule has 1 saturated heterocycles. The first-order valence-electron chi connectivity index (χ1n) is 9.96. The van der Waals surface area contributed by atoms with Crippen molar-refractivity contribution >= 4 is 23.2 Å². The van der Waals surface area contributed by atoms with E-state index in [4.69, 9.17) is 9.73 Å². The third-order valence-electron chi connectivity index (χ3n) is 5.91. The monoisotopic (exact) mass is 376 g/mol. The Balaban J connectivity index is 1.49. The van der Waals surface area contributed by atoms with Crippen LogP contribution in [0.2, 0.25) is 0 Å². The molecule has 4 rings (SSSR count). The fraction of sp³-hybridized carbons (Fsp3) is 0.375. The number of hydrogen-bond acceptors (Lipinski definition) is 4. The van der Waals surface area contributed by atoms with Crippen molar-refractivity contribution in [3.8, 4) is 5.75 Å². The number of benzene rings is 2. The lowest BCUT2D eigenvalue weighted by Crippen LogP contribution is -2.35. The summed E-state index contributed by atoms with van der Waals surface area (Å²) in [6, 6.07) is 14.7. The number of hydrogen-bond donors (Lipinski definition) is 1. The van der Waals surface area contributed by atoms with Crippen LogP contribution in [-0.2, 0) is 5.41 Å². The highest BCUT2D eigenvalue weighted by molar-refractivity contribution is 6.10. The van der Waals surface area contributed by atoms with Crippen LogP contribution in [0.3, 0.4) is 0 Å². The van der Waals surface area contributed by atoms with Crippen molar-refractivity contribution in [3.05, 3.63) is 59.7 Å². The predicted octanol–water partition coefficient (Wildman–Crippen LogP) is 4.73. The van der Waals surface area contributed by atoms with Gasteiger partial charge in [0.2, 0.25) is 0 Å². The Labute approximate surface area is 167 Å². The minimum absolute atomic E-state index is 0.141. The summed E-state index contributed by atoms with van der Waals surface area (Å²) in [7, 11) is 1.70. The SMILES string of the molecule is COc1ccc2c(c1)C(C)(C)C(/C=C/c1ccc(N3CCC(O)CC3)cc1)=N2. The molecule has 0 saturated carbocycles. The highest BCUT2D eigenvalue weighted by Crippen LogP contribution is 2.42. The predicted molar refractivity (Wildman–Crippen MR) is 116 cm³/mol. The van der Waals surface area contributed by atoms with Crippen LogP contribution >= 0.6 is 0 Å². The lowest BCUT2D eigenvalue weighted by molar-refractivity contribution is 0.145. The normalized spacial score (nSPS) is 19.0. The summed E-state index contributed by atoms with van der Waals surface area (Å²) < 4.78 is 5.38. The van der Waals surface area contributed by atoms with E-state index in [9.17, 15) is 5.11 Å². The fourth-order valence-electron chi connectivity index (χ4n) is 3.99. The zero-order chi connectivity index (χ0) is 19.7.